The highest BCUT2D eigenvalue weighted by atomic mass is 16.6. The summed E-state index contributed by atoms with van der Waals surface area (Å²) in [5.41, 5.74) is 0.267. The Labute approximate surface area is 85.5 Å². The first-order valence-electron chi connectivity index (χ1n) is 4.27. The normalized spacial score (nSPS) is 12.5. The molecule has 0 spiro atoms. The fraction of sp³-hybridized carbons (Fsp3) is 0.500. The summed E-state index contributed by atoms with van der Waals surface area (Å²) in [4.78, 5) is 20.7. The second kappa shape index (κ2) is 3.68. The van der Waals surface area contributed by atoms with Gasteiger partial charge in [0.2, 0.25) is 0 Å². The molecule has 7 nitrogen and oxygen atoms in total. The van der Waals surface area contributed by atoms with Gasteiger partial charge in [0.1, 0.15) is 11.4 Å². The number of aryl methyl sites for hydroxylation is 1. The van der Waals surface area contributed by atoms with Gasteiger partial charge >= 0.3 is 5.69 Å². The number of carbonyl (C=O) groups is 1. The molecule has 0 bridgehead atoms. The number of rotatable bonds is 3. The second-order valence-electron chi connectivity index (χ2n) is 3.22. The molecule has 0 saturated heterocycles. The van der Waals surface area contributed by atoms with Crippen molar-refractivity contribution in [3.05, 3.63) is 21.5 Å². The third kappa shape index (κ3) is 1.80. The quantitative estimate of drug-likeness (QED) is 0.506. The maximum atomic E-state index is 10.6. The summed E-state index contributed by atoms with van der Waals surface area (Å²) < 4.78 is 1.09. The number of nitro groups is 1. The Morgan fingerprint density at radius 1 is 1.53 bits per heavy atom. The molecule has 0 aromatic carbocycles. The molecule has 0 aliphatic heterocycles. The number of carboxylic acids is 1. The van der Waals surface area contributed by atoms with E-state index in [0.717, 1.165) is 4.68 Å². The molecule has 0 saturated carbocycles. The number of carbonyl (C=O) groups excluding carboxylic acids is 1. The maximum absolute atomic E-state index is 10.6. The van der Waals surface area contributed by atoms with Crippen molar-refractivity contribution in [2.24, 2.45) is 0 Å². The van der Waals surface area contributed by atoms with Crippen LogP contribution < -0.4 is 5.11 Å². The predicted octanol–water partition coefficient (Wildman–Crippen LogP) is -0.281. The highest BCUT2D eigenvalue weighted by Crippen LogP contribution is 2.24. The molecule has 0 aliphatic carbocycles. The van der Waals surface area contributed by atoms with Gasteiger partial charge in [-0.3, -0.25) is 14.8 Å². The Kier molecular flexibility index (Phi) is 2.74. The van der Waals surface area contributed by atoms with Crippen LogP contribution in [0, 0.1) is 24.0 Å². The molecule has 1 heterocycles. The van der Waals surface area contributed by atoms with Crippen LogP contribution in [0.5, 0.6) is 0 Å². The van der Waals surface area contributed by atoms with Crippen molar-refractivity contribution in [1.29, 1.82) is 0 Å². The first kappa shape index (κ1) is 11.2. The van der Waals surface area contributed by atoms with Crippen molar-refractivity contribution in [1.82, 2.24) is 9.78 Å². The largest absolute Gasteiger partial charge is 0.548 e. The summed E-state index contributed by atoms with van der Waals surface area (Å²) in [6, 6.07) is -1.02. The van der Waals surface area contributed by atoms with Gasteiger partial charge in [0.25, 0.3) is 0 Å². The number of hydrogen-bond acceptors (Lipinski definition) is 5. The van der Waals surface area contributed by atoms with Crippen LogP contribution in [0.4, 0.5) is 5.69 Å². The first-order valence-corrected chi connectivity index (χ1v) is 4.27. The van der Waals surface area contributed by atoms with E-state index in [-0.39, 0.29) is 17.1 Å². The van der Waals surface area contributed by atoms with E-state index in [9.17, 15) is 20.0 Å². The molecule has 0 N–H and O–H groups in total. The Hall–Kier alpha value is -1.92. The lowest BCUT2D eigenvalue weighted by molar-refractivity contribution is -0.386. The van der Waals surface area contributed by atoms with E-state index in [1.165, 1.54) is 20.8 Å². The van der Waals surface area contributed by atoms with Crippen molar-refractivity contribution in [2.75, 3.05) is 0 Å². The van der Waals surface area contributed by atoms with Gasteiger partial charge in [-0.05, 0) is 20.8 Å². The van der Waals surface area contributed by atoms with E-state index in [0.29, 0.717) is 0 Å². The smallest absolute Gasteiger partial charge is 0.312 e. The van der Waals surface area contributed by atoms with E-state index in [2.05, 4.69) is 5.10 Å². The zero-order valence-electron chi connectivity index (χ0n) is 8.55. The Balaban J connectivity index is 3.29. The SMILES string of the molecule is Cc1nn([C@@H](C)C(=O)[O-])c(C)c1[N+](=O)[O-]. The molecule has 0 radical (unpaired) electrons. The molecule has 0 unspecified atom stereocenters. The van der Waals surface area contributed by atoms with E-state index < -0.39 is 16.9 Å². The highest BCUT2D eigenvalue weighted by molar-refractivity contribution is 5.69. The summed E-state index contributed by atoms with van der Waals surface area (Å²) in [5, 5.41) is 25.0. The molecule has 0 amide bonds. The average Bonchev–Trinajstić information content (AvgIpc) is 2.40. The van der Waals surface area contributed by atoms with Gasteiger partial charge in [-0.15, -0.1) is 0 Å². The molecular weight excluding hydrogens is 202 g/mol. The van der Waals surface area contributed by atoms with E-state index in [4.69, 9.17) is 0 Å². The lowest BCUT2D eigenvalue weighted by Gasteiger charge is -2.13. The zero-order valence-corrected chi connectivity index (χ0v) is 8.55. The summed E-state index contributed by atoms with van der Waals surface area (Å²) >= 11 is 0. The molecule has 1 aromatic heterocycles. The lowest BCUT2D eigenvalue weighted by atomic mass is 10.3. The van der Waals surface area contributed by atoms with Crippen molar-refractivity contribution in [2.45, 2.75) is 26.8 Å². The summed E-state index contributed by atoms with van der Waals surface area (Å²) in [5.74, 6) is -1.32. The van der Waals surface area contributed by atoms with Crippen LogP contribution in [0.25, 0.3) is 0 Å². The Morgan fingerprint density at radius 2 is 2.07 bits per heavy atom. The van der Waals surface area contributed by atoms with Gasteiger partial charge in [-0.2, -0.15) is 5.10 Å². The molecule has 1 rings (SSSR count). The van der Waals surface area contributed by atoms with E-state index >= 15 is 0 Å². The molecule has 7 heteroatoms. The van der Waals surface area contributed by atoms with Crippen LogP contribution in [-0.2, 0) is 4.79 Å². The zero-order chi connectivity index (χ0) is 11.7. The number of carboxylic acid groups (broad SMARTS) is 1. The molecule has 82 valence electrons. The van der Waals surface area contributed by atoms with Gasteiger partial charge in [0, 0.05) is 0 Å². The van der Waals surface area contributed by atoms with Crippen molar-refractivity contribution in [3.8, 4) is 0 Å². The van der Waals surface area contributed by atoms with Crippen molar-refractivity contribution >= 4 is 11.7 Å². The third-order valence-electron chi connectivity index (χ3n) is 2.18. The number of aromatic nitrogens is 2. The van der Waals surface area contributed by atoms with Gasteiger partial charge < -0.3 is 9.90 Å². The molecule has 15 heavy (non-hydrogen) atoms. The van der Waals surface area contributed by atoms with Gasteiger partial charge in [-0.1, -0.05) is 0 Å². The van der Waals surface area contributed by atoms with Gasteiger partial charge in [-0.25, -0.2) is 0 Å². The first-order chi connectivity index (χ1) is 6.86. The second-order valence-corrected chi connectivity index (χ2v) is 3.22. The molecule has 1 aromatic rings. The maximum Gasteiger partial charge on any atom is 0.312 e. The molecule has 1 atom stereocenters. The summed E-state index contributed by atoms with van der Waals surface area (Å²) in [7, 11) is 0. The van der Waals surface area contributed by atoms with Crippen LogP contribution in [-0.4, -0.2) is 20.7 Å². The van der Waals surface area contributed by atoms with Crippen LogP contribution in [0.2, 0.25) is 0 Å². The topological polar surface area (TPSA) is 101 Å². The highest BCUT2D eigenvalue weighted by Gasteiger charge is 2.24. The summed E-state index contributed by atoms with van der Waals surface area (Å²) in [6.07, 6.45) is 0. The predicted molar refractivity (Wildman–Crippen MR) is 48.1 cm³/mol. The average molecular weight is 212 g/mol. The fourth-order valence-electron chi connectivity index (χ4n) is 1.40. The minimum atomic E-state index is -1.32. The summed E-state index contributed by atoms with van der Waals surface area (Å²) in [6.45, 7) is 4.28. The van der Waals surface area contributed by atoms with Crippen molar-refractivity contribution in [3.63, 3.8) is 0 Å². The molecule has 0 aliphatic rings. The minimum absolute atomic E-state index is 0.150. The minimum Gasteiger partial charge on any atom is -0.548 e. The number of hydrogen-bond donors (Lipinski definition) is 0. The van der Waals surface area contributed by atoms with Crippen LogP contribution in [0.15, 0.2) is 0 Å². The van der Waals surface area contributed by atoms with Crippen LogP contribution in [0.1, 0.15) is 24.4 Å². The van der Waals surface area contributed by atoms with E-state index in [1.54, 1.807) is 0 Å². The number of nitrogens with zero attached hydrogens (tertiary/aromatic N) is 3. The molecular formula is C8H10N3O4-. The van der Waals surface area contributed by atoms with Gasteiger partial charge in [0.05, 0.1) is 16.9 Å². The fourth-order valence-corrected chi connectivity index (χ4v) is 1.40. The van der Waals surface area contributed by atoms with Crippen LogP contribution >= 0.6 is 0 Å². The third-order valence-corrected chi connectivity index (χ3v) is 2.18. The lowest BCUT2D eigenvalue weighted by Crippen LogP contribution is -2.32. The Bertz CT molecular complexity index is 424. The standard InChI is InChI=1S/C8H11N3O4/c1-4-7(11(14)15)5(2)10(9-4)6(3)8(12)13/h6H,1-3H3,(H,12,13)/p-1/t6-/m0/s1. The number of aliphatic carboxylic acids is 1. The van der Waals surface area contributed by atoms with Crippen LogP contribution in [0.3, 0.4) is 0 Å². The Morgan fingerprint density at radius 3 is 2.40 bits per heavy atom. The van der Waals surface area contributed by atoms with Gasteiger partial charge in [0.15, 0.2) is 0 Å². The monoisotopic (exact) mass is 212 g/mol. The van der Waals surface area contributed by atoms with Crippen molar-refractivity contribution < 1.29 is 14.8 Å². The molecule has 0 fully saturated rings. The van der Waals surface area contributed by atoms with E-state index in [1.807, 2.05) is 0 Å².